The molecule has 0 saturated heterocycles. The summed E-state index contributed by atoms with van der Waals surface area (Å²) in [6, 6.07) is 0.286. The molecule has 0 saturated carbocycles. The van der Waals surface area contributed by atoms with E-state index in [1.54, 1.807) is 0 Å². The molecule has 1 unspecified atom stereocenters. The Balaban J connectivity index is 3.24. The molecule has 0 fully saturated rings. The van der Waals surface area contributed by atoms with E-state index in [1.807, 2.05) is 13.8 Å². The molecule has 0 aliphatic heterocycles. The van der Waals surface area contributed by atoms with Crippen molar-refractivity contribution in [3.05, 3.63) is 0 Å². The average molecular weight is 159 g/mol. The maximum atomic E-state index is 5.82. The maximum absolute atomic E-state index is 5.82. The molecule has 0 rings (SSSR count). The fourth-order valence-electron chi connectivity index (χ4n) is 0.773. The van der Waals surface area contributed by atoms with Gasteiger partial charge in [-0.05, 0) is 26.2 Å². The van der Waals surface area contributed by atoms with Gasteiger partial charge in [0.1, 0.15) is 0 Å². The summed E-state index contributed by atoms with van der Waals surface area (Å²) in [4.78, 5) is 0. The van der Waals surface area contributed by atoms with Crippen LogP contribution >= 0.6 is 0 Å². The molecular weight excluding hydrogens is 138 g/mol. The van der Waals surface area contributed by atoms with Gasteiger partial charge in [-0.15, -0.1) is 0 Å². The number of nitrogens with two attached hydrogens (primary N) is 1. The summed E-state index contributed by atoms with van der Waals surface area (Å²) in [5, 5.41) is 0. The summed E-state index contributed by atoms with van der Waals surface area (Å²) in [7, 11) is 0. The van der Waals surface area contributed by atoms with Gasteiger partial charge in [-0.2, -0.15) is 0 Å². The van der Waals surface area contributed by atoms with Crippen LogP contribution in [0, 0.1) is 5.92 Å². The summed E-state index contributed by atoms with van der Waals surface area (Å²) < 4.78 is 5.38. The minimum Gasteiger partial charge on any atom is -0.379 e. The van der Waals surface area contributed by atoms with E-state index in [1.165, 1.54) is 0 Å². The number of hydrogen-bond donors (Lipinski definition) is 1. The molecule has 0 radical (unpaired) electrons. The van der Waals surface area contributed by atoms with Crippen molar-refractivity contribution in [1.29, 1.82) is 0 Å². The van der Waals surface area contributed by atoms with Crippen LogP contribution in [-0.4, -0.2) is 18.8 Å². The van der Waals surface area contributed by atoms with Gasteiger partial charge in [-0.1, -0.05) is 13.8 Å². The van der Waals surface area contributed by atoms with Crippen molar-refractivity contribution in [1.82, 2.24) is 0 Å². The van der Waals surface area contributed by atoms with Crippen LogP contribution in [0.1, 0.15) is 34.1 Å². The van der Waals surface area contributed by atoms with E-state index in [0.717, 1.165) is 13.0 Å². The lowest BCUT2D eigenvalue weighted by molar-refractivity contribution is 0.0712. The van der Waals surface area contributed by atoms with Crippen LogP contribution in [0.5, 0.6) is 0 Å². The minimum atomic E-state index is 0.286. The molecule has 0 aliphatic carbocycles. The van der Waals surface area contributed by atoms with Crippen LogP contribution in [0.15, 0.2) is 0 Å². The van der Waals surface area contributed by atoms with Crippen LogP contribution < -0.4 is 5.73 Å². The Morgan fingerprint density at radius 1 is 1.18 bits per heavy atom. The highest BCUT2D eigenvalue weighted by molar-refractivity contribution is 4.64. The Hall–Kier alpha value is -0.0800. The standard InChI is InChI=1S/C9H21NO/c1-7(2)9(10)5-6-11-8(3)4/h7-9H,5-6,10H2,1-4H3. The molecule has 0 spiro atoms. The fraction of sp³-hybridized carbons (Fsp3) is 1.00. The second-order valence-corrected chi connectivity index (χ2v) is 3.62. The SMILES string of the molecule is CC(C)OCCC(N)C(C)C. The zero-order valence-electron chi connectivity index (χ0n) is 8.13. The monoisotopic (exact) mass is 159 g/mol. The Kier molecular flexibility index (Phi) is 5.51. The van der Waals surface area contributed by atoms with Gasteiger partial charge in [0.05, 0.1) is 6.10 Å². The largest absolute Gasteiger partial charge is 0.379 e. The molecule has 11 heavy (non-hydrogen) atoms. The van der Waals surface area contributed by atoms with E-state index in [9.17, 15) is 0 Å². The minimum absolute atomic E-state index is 0.286. The van der Waals surface area contributed by atoms with Gasteiger partial charge in [-0.3, -0.25) is 0 Å². The molecule has 68 valence electrons. The second kappa shape index (κ2) is 5.56. The van der Waals surface area contributed by atoms with Crippen molar-refractivity contribution in [3.8, 4) is 0 Å². The molecule has 0 aromatic heterocycles. The molecule has 0 heterocycles. The molecule has 2 nitrogen and oxygen atoms in total. The predicted octanol–water partition coefficient (Wildman–Crippen LogP) is 1.78. The summed E-state index contributed by atoms with van der Waals surface area (Å²) in [6.45, 7) is 9.15. The van der Waals surface area contributed by atoms with Crippen molar-refractivity contribution in [2.24, 2.45) is 11.7 Å². The molecule has 0 aromatic carbocycles. The van der Waals surface area contributed by atoms with Crippen molar-refractivity contribution >= 4 is 0 Å². The van der Waals surface area contributed by atoms with Crippen LogP contribution in [0.2, 0.25) is 0 Å². The smallest absolute Gasteiger partial charge is 0.0518 e. The molecule has 0 aliphatic rings. The lowest BCUT2D eigenvalue weighted by atomic mass is 10.0. The topological polar surface area (TPSA) is 35.2 Å². The Morgan fingerprint density at radius 3 is 2.09 bits per heavy atom. The second-order valence-electron chi connectivity index (χ2n) is 3.62. The summed E-state index contributed by atoms with van der Waals surface area (Å²) in [6.07, 6.45) is 1.30. The molecule has 1 atom stereocenters. The lowest BCUT2D eigenvalue weighted by Gasteiger charge is -2.16. The van der Waals surface area contributed by atoms with E-state index in [-0.39, 0.29) is 6.04 Å². The Morgan fingerprint density at radius 2 is 1.73 bits per heavy atom. The fourth-order valence-corrected chi connectivity index (χ4v) is 0.773. The van der Waals surface area contributed by atoms with E-state index >= 15 is 0 Å². The van der Waals surface area contributed by atoms with E-state index < -0.39 is 0 Å². The highest BCUT2D eigenvalue weighted by Gasteiger charge is 2.06. The Labute approximate surface area is 70.1 Å². The number of rotatable bonds is 5. The van der Waals surface area contributed by atoms with Crippen LogP contribution in [0.4, 0.5) is 0 Å². The molecular formula is C9H21NO. The summed E-state index contributed by atoms with van der Waals surface area (Å²) in [5.74, 6) is 0.561. The number of ether oxygens (including phenoxy) is 1. The van der Waals surface area contributed by atoms with E-state index in [4.69, 9.17) is 10.5 Å². The van der Waals surface area contributed by atoms with Gasteiger partial charge in [0.15, 0.2) is 0 Å². The highest BCUT2D eigenvalue weighted by atomic mass is 16.5. The van der Waals surface area contributed by atoms with Gasteiger partial charge in [0.25, 0.3) is 0 Å². The van der Waals surface area contributed by atoms with Crippen molar-refractivity contribution in [2.45, 2.75) is 46.3 Å². The first-order chi connectivity index (χ1) is 5.04. The van der Waals surface area contributed by atoms with Gasteiger partial charge < -0.3 is 10.5 Å². The van der Waals surface area contributed by atoms with Gasteiger partial charge in [0, 0.05) is 12.6 Å². The molecule has 0 aromatic rings. The quantitative estimate of drug-likeness (QED) is 0.663. The predicted molar refractivity (Wildman–Crippen MR) is 48.5 cm³/mol. The van der Waals surface area contributed by atoms with Gasteiger partial charge in [0.2, 0.25) is 0 Å². The van der Waals surface area contributed by atoms with Crippen molar-refractivity contribution in [2.75, 3.05) is 6.61 Å². The summed E-state index contributed by atoms with van der Waals surface area (Å²) >= 11 is 0. The number of hydrogen-bond acceptors (Lipinski definition) is 2. The lowest BCUT2D eigenvalue weighted by Crippen LogP contribution is -2.28. The van der Waals surface area contributed by atoms with Crippen LogP contribution in [-0.2, 0) is 4.74 Å². The van der Waals surface area contributed by atoms with E-state index in [0.29, 0.717) is 12.0 Å². The molecule has 2 heteroatoms. The first kappa shape index (κ1) is 10.9. The third-order valence-electron chi connectivity index (χ3n) is 1.76. The maximum Gasteiger partial charge on any atom is 0.0518 e. The van der Waals surface area contributed by atoms with Gasteiger partial charge in [-0.25, -0.2) is 0 Å². The Bertz CT molecular complexity index is 91.6. The zero-order valence-corrected chi connectivity index (χ0v) is 8.13. The highest BCUT2D eigenvalue weighted by Crippen LogP contribution is 2.03. The van der Waals surface area contributed by atoms with Crippen molar-refractivity contribution < 1.29 is 4.74 Å². The summed E-state index contributed by atoms with van der Waals surface area (Å²) in [5.41, 5.74) is 5.82. The third-order valence-corrected chi connectivity index (χ3v) is 1.76. The third kappa shape index (κ3) is 6.32. The average Bonchev–Trinajstić information content (AvgIpc) is 1.86. The molecule has 0 amide bonds. The zero-order chi connectivity index (χ0) is 8.85. The van der Waals surface area contributed by atoms with Crippen LogP contribution in [0.25, 0.3) is 0 Å². The van der Waals surface area contributed by atoms with E-state index in [2.05, 4.69) is 13.8 Å². The first-order valence-electron chi connectivity index (χ1n) is 4.41. The normalized spacial score (nSPS) is 14.5. The van der Waals surface area contributed by atoms with Crippen molar-refractivity contribution in [3.63, 3.8) is 0 Å². The van der Waals surface area contributed by atoms with Crippen LogP contribution in [0.3, 0.4) is 0 Å². The molecule has 2 N–H and O–H groups in total. The molecule has 0 bridgehead atoms. The first-order valence-corrected chi connectivity index (χ1v) is 4.41. The van der Waals surface area contributed by atoms with Gasteiger partial charge >= 0.3 is 0 Å².